The van der Waals surface area contributed by atoms with Gasteiger partial charge in [-0.1, -0.05) is 0 Å². The number of nitrogens with zero attached hydrogens (tertiary/aromatic N) is 3. The van der Waals surface area contributed by atoms with Crippen molar-refractivity contribution in [2.24, 2.45) is 0 Å². The molecule has 0 saturated heterocycles. The van der Waals surface area contributed by atoms with E-state index in [2.05, 4.69) is 24.7 Å². The highest BCUT2D eigenvalue weighted by Gasteiger charge is 2.11. The van der Waals surface area contributed by atoms with E-state index in [4.69, 9.17) is 0 Å². The Labute approximate surface area is 108 Å². The summed E-state index contributed by atoms with van der Waals surface area (Å²) in [5, 5.41) is 0. The fraction of sp³-hybridized carbons (Fsp3) is 0.0769. The summed E-state index contributed by atoms with van der Waals surface area (Å²) in [4.78, 5) is 26.8. The minimum Gasteiger partial charge on any atom is -0.464 e. The number of H-pyrrole nitrogens is 1. The van der Waals surface area contributed by atoms with Crippen LogP contribution in [0.1, 0.15) is 10.5 Å². The van der Waals surface area contributed by atoms with Crippen molar-refractivity contribution in [3.05, 3.63) is 42.5 Å². The van der Waals surface area contributed by atoms with Crippen molar-refractivity contribution in [3.63, 3.8) is 0 Å². The molecule has 3 rings (SSSR count). The first kappa shape index (κ1) is 11.3. The van der Waals surface area contributed by atoms with Crippen molar-refractivity contribution >= 4 is 17.0 Å². The number of hydrogen-bond donors (Lipinski definition) is 1. The van der Waals surface area contributed by atoms with Gasteiger partial charge in [-0.3, -0.25) is 9.97 Å². The average molecular weight is 254 g/mol. The molecule has 3 aromatic rings. The van der Waals surface area contributed by atoms with Gasteiger partial charge in [0.25, 0.3) is 0 Å². The Kier molecular flexibility index (Phi) is 2.68. The number of aromatic nitrogens is 4. The van der Waals surface area contributed by atoms with Gasteiger partial charge in [-0.15, -0.1) is 0 Å². The van der Waals surface area contributed by atoms with Crippen molar-refractivity contribution in [2.45, 2.75) is 0 Å². The van der Waals surface area contributed by atoms with E-state index in [0.717, 1.165) is 16.6 Å². The van der Waals surface area contributed by atoms with E-state index >= 15 is 0 Å². The topological polar surface area (TPSA) is 80.8 Å². The summed E-state index contributed by atoms with van der Waals surface area (Å²) in [5.74, 6) is 0.146. The molecule has 0 atom stereocenters. The van der Waals surface area contributed by atoms with Crippen molar-refractivity contribution in [3.8, 4) is 11.4 Å². The van der Waals surface area contributed by atoms with Crippen LogP contribution in [0.5, 0.6) is 0 Å². The molecule has 1 aromatic carbocycles. The molecule has 1 N–H and O–H groups in total. The number of fused-ring (bicyclic) bond motifs is 1. The minimum atomic E-state index is -0.445. The third-order valence-corrected chi connectivity index (χ3v) is 2.72. The van der Waals surface area contributed by atoms with Crippen LogP contribution in [0.2, 0.25) is 0 Å². The fourth-order valence-electron chi connectivity index (χ4n) is 1.79. The Morgan fingerprint density at radius 3 is 2.74 bits per heavy atom. The first-order valence-corrected chi connectivity index (χ1v) is 5.62. The van der Waals surface area contributed by atoms with Crippen molar-refractivity contribution < 1.29 is 9.53 Å². The predicted molar refractivity (Wildman–Crippen MR) is 68.5 cm³/mol. The van der Waals surface area contributed by atoms with Gasteiger partial charge in [0.1, 0.15) is 11.5 Å². The van der Waals surface area contributed by atoms with Crippen molar-refractivity contribution in [1.82, 2.24) is 19.9 Å². The number of aromatic amines is 1. The van der Waals surface area contributed by atoms with Gasteiger partial charge in [-0.05, 0) is 18.2 Å². The lowest BCUT2D eigenvalue weighted by atomic mass is 10.2. The van der Waals surface area contributed by atoms with Gasteiger partial charge in [0.05, 0.1) is 24.3 Å². The second-order valence-corrected chi connectivity index (χ2v) is 3.90. The third kappa shape index (κ3) is 2.03. The maximum Gasteiger partial charge on any atom is 0.356 e. The second kappa shape index (κ2) is 4.49. The average Bonchev–Trinajstić information content (AvgIpc) is 2.95. The lowest BCUT2D eigenvalue weighted by Crippen LogP contribution is -2.00. The van der Waals surface area contributed by atoms with Gasteiger partial charge < -0.3 is 9.72 Å². The van der Waals surface area contributed by atoms with Gasteiger partial charge in [0.15, 0.2) is 0 Å². The monoisotopic (exact) mass is 254 g/mol. The highest BCUT2D eigenvalue weighted by molar-refractivity contribution is 5.88. The van der Waals surface area contributed by atoms with Crippen LogP contribution in [0.4, 0.5) is 0 Å². The van der Waals surface area contributed by atoms with Crippen LogP contribution in [-0.4, -0.2) is 33.0 Å². The number of benzene rings is 1. The molecule has 2 heterocycles. The summed E-state index contributed by atoms with van der Waals surface area (Å²) in [6, 6.07) is 5.59. The molecule has 94 valence electrons. The molecule has 0 aliphatic carbocycles. The zero-order valence-electron chi connectivity index (χ0n) is 10.1. The van der Waals surface area contributed by atoms with Crippen LogP contribution in [-0.2, 0) is 4.74 Å². The standard InChI is InChI=1S/C13H10N4O2/c1-19-13(18)11-7-16-12(17-11)8-2-3-9-10(6-8)15-5-4-14-9/h2-7H,1H3,(H,16,17). The van der Waals surface area contributed by atoms with Crippen LogP contribution in [0.3, 0.4) is 0 Å². The number of methoxy groups -OCH3 is 1. The zero-order chi connectivity index (χ0) is 13.2. The van der Waals surface area contributed by atoms with Gasteiger partial charge in [-0.2, -0.15) is 0 Å². The summed E-state index contributed by atoms with van der Waals surface area (Å²) in [5.41, 5.74) is 2.74. The molecule has 0 unspecified atom stereocenters. The van der Waals surface area contributed by atoms with Crippen LogP contribution in [0.25, 0.3) is 22.4 Å². The van der Waals surface area contributed by atoms with E-state index in [-0.39, 0.29) is 0 Å². The van der Waals surface area contributed by atoms with Crippen molar-refractivity contribution in [2.75, 3.05) is 7.11 Å². The van der Waals surface area contributed by atoms with Gasteiger partial charge in [0, 0.05) is 18.0 Å². The molecule has 6 nitrogen and oxygen atoms in total. The summed E-state index contributed by atoms with van der Waals surface area (Å²) in [6.07, 6.45) is 4.72. The van der Waals surface area contributed by atoms with Crippen LogP contribution < -0.4 is 0 Å². The Hall–Kier alpha value is -2.76. The molecular weight excluding hydrogens is 244 g/mol. The molecule has 0 aliphatic heterocycles. The van der Waals surface area contributed by atoms with E-state index < -0.39 is 5.97 Å². The molecular formula is C13H10N4O2. The number of nitrogens with one attached hydrogen (secondary N) is 1. The maximum absolute atomic E-state index is 11.4. The molecule has 0 spiro atoms. The van der Waals surface area contributed by atoms with E-state index in [9.17, 15) is 4.79 Å². The van der Waals surface area contributed by atoms with Crippen LogP contribution >= 0.6 is 0 Å². The highest BCUT2D eigenvalue weighted by atomic mass is 16.5. The van der Waals surface area contributed by atoms with Gasteiger partial charge in [-0.25, -0.2) is 9.78 Å². The van der Waals surface area contributed by atoms with E-state index in [1.807, 2.05) is 18.2 Å². The lowest BCUT2D eigenvalue weighted by Gasteiger charge is -1.99. The van der Waals surface area contributed by atoms with E-state index in [0.29, 0.717) is 11.5 Å². The molecule has 0 aliphatic rings. The van der Waals surface area contributed by atoms with E-state index in [1.54, 1.807) is 12.4 Å². The Balaban J connectivity index is 2.04. The zero-order valence-corrected chi connectivity index (χ0v) is 10.1. The number of imidazole rings is 1. The quantitative estimate of drug-likeness (QED) is 0.705. The predicted octanol–water partition coefficient (Wildman–Crippen LogP) is 1.81. The first-order chi connectivity index (χ1) is 9.28. The Morgan fingerprint density at radius 1 is 1.16 bits per heavy atom. The lowest BCUT2D eigenvalue weighted by molar-refractivity contribution is 0.0595. The Morgan fingerprint density at radius 2 is 1.95 bits per heavy atom. The van der Waals surface area contributed by atoms with Crippen LogP contribution in [0, 0.1) is 0 Å². The van der Waals surface area contributed by atoms with Gasteiger partial charge in [0.2, 0.25) is 0 Å². The SMILES string of the molecule is COC(=O)c1cnc(-c2ccc3nccnc3c2)[nH]1. The Bertz CT molecular complexity index is 751. The number of ether oxygens (including phenoxy) is 1. The largest absolute Gasteiger partial charge is 0.464 e. The number of carbonyl (C=O) groups is 1. The molecule has 2 aromatic heterocycles. The summed E-state index contributed by atoms with van der Waals surface area (Å²) < 4.78 is 4.62. The van der Waals surface area contributed by atoms with Crippen LogP contribution in [0.15, 0.2) is 36.8 Å². The number of rotatable bonds is 2. The molecule has 0 amide bonds. The third-order valence-electron chi connectivity index (χ3n) is 2.72. The summed E-state index contributed by atoms with van der Waals surface area (Å²) >= 11 is 0. The normalized spacial score (nSPS) is 10.6. The first-order valence-electron chi connectivity index (χ1n) is 5.62. The highest BCUT2D eigenvalue weighted by Crippen LogP contribution is 2.19. The minimum absolute atomic E-state index is 0.316. The molecule has 19 heavy (non-hydrogen) atoms. The maximum atomic E-state index is 11.4. The number of hydrogen-bond acceptors (Lipinski definition) is 5. The number of carbonyl (C=O) groups excluding carboxylic acids is 1. The molecule has 0 bridgehead atoms. The fourth-order valence-corrected chi connectivity index (χ4v) is 1.79. The van der Waals surface area contributed by atoms with Crippen molar-refractivity contribution in [1.29, 1.82) is 0 Å². The van der Waals surface area contributed by atoms with E-state index in [1.165, 1.54) is 13.3 Å². The summed E-state index contributed by atoms with van der Waals surface area (Å²) in [7, 11) is 1.33. The smallest absolute Gasteiger partial charge is 0.356 e. The second-order valence-electron chi connectivity index (χ2n) is 3.90. The molecule has 0 radical (unpaired) electrons. The molecule has 0 saturated carbocycles. The number of esters is 1. The molecule has 0 fully saturated rings. The molecule has 6 heteroatoms. The summed E-state index contributed by atoms with van der Waals surface area (Å²) in [6.45, 7) is 0. The van der Waals surface area contributed by atoms with Gasteiger partial charge >= 0.3 is 5.97 Å².